The van der Waals surface area contributed by atoms with Gasteiger partial charge in [-0.25, -0.2) is 0 Å². The molecule has 0 aliphatic heterocycles. The second kappa shape index (κ2) is 8.43. The van der Waals surface area contributed by atoms with Gasteiger partial charge in [0.15, 0.2) is 0 Å². The Labute approximate surface area is 131 Å². The fourth-order valence-electron chi connectivity index (χ4n) is 2.28. The van der Waals surface area contributed by atoms with Crippen LogP contribution in [0.4, 0.5) is 0 Å². The Morgan fingerprint density at radius 3 is 2.48 bits per heavy atom. The van der Waals surface area contributed by atoms with Gasteiger partial charge < -0.3 is 10.1 Å². The normalized spacial score (nSPS) is 14.8. The first-order chi connectivity index (χ1) is 9.88. The van der Waals surface area contributed by atoms with Crippen LogP contribution in [0, 0.1) is 5.92 Å². The van der Waals surface area contributed by atoms with Crippen LogP contribution in [0.5, 0.6) is 5.75 Å². The maximum Gasteiger partial charge on any atom is 0.119 e. The van der Waals surface area contributed by atoms with Crippen LogP contribution in [-0.2, 0) is 5.41 Å². The Bertz CT molecular complexity index is 408. The predicted molar refractivity (Wildman–Crippen MR) is 92.2 cm³/mol. The van der Waals surface area contributed by atoms with Crippen molar-refractivity contribution < 1.29 is 4.74 Å². The Morgan fingerprint density at radius 1 is 1.19 bits per heavy atom. The van der Waals surface area contributed by atoms with Crippen molar-refractivity contribution in [2.75, 3.05) is 13.2 Å². The predicted octanol–water partition coefficient (Wildman–Crippen LogP) is 4.78. The van der Waals surface area contributed by atoms with Gasteiger partial charge in [0.05, 0.1) is 0 Å². The average Bonchev–Trinajstić information content (AvgIpc) is 2.46. The van der Waals surface area contributed by atoms with Crippen molar-refractivity contribution in [2.45, 2.75) is 65.8 Å². The quantitative estimate of drug-likeness (QED) is 0.744. The first-order valence-electron chi connectivity index (χ1n) is 8.35. The topological polar surface area (TPSA) is 21.3 Å². The summed E-state index contributed by atoms with van der Waals surface area (Å²) in [5, 5.41) is 3.61. The molecule has 0 heterocycles. The van der Waals surface area contributed by atoms with Gasteiger partial charge in [0.25, 0.3) is 0 Å². The summed E-state index contributed by atoms with van der Waals surface area (Å²) in [4.78, 5) is 0. The highest BCUT2D eigenvalue weighted by molar-refractivity contribution is 5.32. The lowest BCUT2D eigenvalue weighted by Crippen LogP contribution is -2.40. The van der Waals surface area contributed by atoms with Gasteiger partial charge in [-0.05, 0) is 42.0 Å². The number of ether oxygens (including phenoxy) is 1. The minimum Gasteiger partial charge on any atom is -0.492 e. The molecule has 0 fully saturated rings. The van der Waals surface area contributed by atoms with E-state index in [1.54, 1.807) is 0 Å². The summed E-state index contributed by atoms with van der Waals surface area (Å²) in [5.41, 5.74) is 1.48. The number of hydrogen-bond donors (Lipinski definition) is 1. The van der Waals surface area contributed by atoms with Crippen LogP contribution in [-0.4, -0.2) is 19.2 Å². The van der Waals surface area contributed by atoms with Crippen molar-refractivity contribution in [3.05, 3.63) is 29.8 Å². The summed E-state index contributed by atoms with van der Waals surface area (Å²) in [7, 11) is 0. The van der Waals surface area contributed by atoms with Crippen molar-refractivity contribution in [3.63, 3.8) is 0 Å². The van der Waals surface area contributed by atoms with E-state index in [2.05, 4.69) is 71.1 Å². The molecule has 0 saturated heterocycles. The minimum absolute atomic E-state index is 0.163. The molecular formula is C19H33NO. The molecule has 1 N–H and O–H groups in total. The summed E-state index contributed by atoms with van der Waals surface area (Å²) in [6.45, 7) is 15.2. The highest BCUT2D eigenvalue weighted by Crippen LogP contribution is 2.25. The molecule has 0 amide bonds. The number of hydrogen-bond acceptors (Lipinski definition) is 2. The van der Waals surface area contributed by atoms with E-state index in [1.807, 2.05) is 0 Å². The maximum absolute atomic E-state index is 6.06. The molecule has 2 unspecified atom stereocenters. The molecule has 1 rings (SSSR count). The number of benzene rings is 1. The molecular weight excluding hydrogens is 258 g/mol. The van der Waals surface area contributed by atoms with Gasteiger partial charge >= 0.3 is 0 Å². The number of nitrogens with one attached hydrogen (secondary N) is 1. The third kappa shape index (κ3) is 6.09. The molecule has 0 bridgehead atoms. The van der Waals surface area contributed by atoms with Crippen molar-refractivity contribution in [1.29, 1.82) is 0 Å². The zero-order chi connectivity index (χ0) is 15.9. The molecule has 0 spiro atoms. The molecule has 0 aliphatic carbocycles. The highest BCUT2D eigenvalue weighted by atomic mass is 16.5. The molecule has 120 valence electrons. The monoisotopic (exact) mass is 291 g/mol. The molecule has 1 aromatic carbocycles. The fourth-order valence-corrected chi connectivity index (χ4v) is 2.28. The van der Waals surface area contributed by atoms with E-state index in [-0.39, 0.29) is 5.41 Å². The largest absolute Gasteiger partial charge is 0.492 e. The van der Waals surface area contributed by atoms with Gasteiger partial charge in [-0.15, -0.1) is 0 Å². The highest BCUT2D eigenvalue weighted by Gasteiger charge is 2.17. The summed E-state index contributed by atoms with van der Waals surface area (Å²) in [5.74, 6) is 1.61. The third-order valence-corrected chi connectivity index (χ3v) is 4.12. The van der Waals surface area contributed by atoms with E-state index in [0.717, 1.165) is 25.3 Å². The number of rotatable bonds is 8. The van der Waals surface area contributed by atoms with Gasteiger partial charge in [0.2, 0.25) is 0 Å². The minimum atomic E-state index is 0.163. The molecule has 0 radical (unpaired) electrons. The standard InChI is InChI=1S/C19H33NO/c1-7-12-20-18(15(3)8-2)14-21-17-11-9-10-16(13-17)19(4,5)6/h9-11,13,15,18,20H,7-8,12,14H2,1-6H3. The molecule has 2 heteroatoms. The first-order valence-corrected chi connectivity index (χ1v) is 8.35. The Kier molecular flexibility index (Phi) is 7.24. The van der Waals surface area contributed by atoms with Crippen molar-refractivity contribution >= 4 is 0 Å². The summed E-state index contributed by atoms with van der Waals surface area (Å²) in [6.07, 6.45) is 2.33. The lowest BCUT2D eigenvalue weighted by molar-refractivity contribution is 0.220. The lowest BCUT2D eigenvalue weighted by atomic mass is 9.87. The van der Waals surface area contributed by atoms with Gasteiger partial charge in [-0.1, -0.05) is 60.1 Å². The van der Waals surface area contributed by atoms with Crippen molar-refractivity contribution in [3.8, 4) is 5.75 Å². The molecule has 21 heavy (non-hydrogen) atoms. The summed E-state index contributed by atoms with van der Waals surface area (Å²) >= 11 is 0. The van der Waals surface area contributed by atoms with Gasteiger partial charge in [0.1, 0.15) is 12.4 Å². The van der Waals surface area contributed by atoms with Gasteiger partial charge in [0, 0.05) is 6.04 Å². The molecule has 1 aromatic rings. The van der Waals surface area contributed by atoms with E-state index in [9.17, 15) is 0 Å². The van der Waals surface area contributed by atoms with E-state index >= 15 is 0 Å². The van der Waals surface area contributed by atoms with E-state index in [1.165, 1.54) is 12.0 Å². The van der Waals surface area contributed by atoms with Crippen LogP contribution in [0.2, 0.25) is 0 Å². The summed E-state index contributed by atoms with van der Waals surface area (Å²) in [6, 6.07) is 8.92. The average molecular weight is 291 g/mol. The molecule has 0 aromatic heterocycles. The van der Waals surface area contributed by atoms with E-state index in [0.29, 0.717) is 12.0 Å². The van der Waals surface area contributed by atoms with Crippen LogP contribution in [0.25, 0.3) is 0 Å². The van der Waals surface area contributed by atoms with Gasteiger partial charge in [-0.2, -0.15) is 0 Å². The molecule has 0 saturated carbocycles. The van der Waals surface area contributed by atoms with E-state index in [4.69, 9.17) is 4.74 Å². The molecule has 0 aliphatic rings. The Balaban J connectivity index is 2.67. The zero-order valence-corrected chi connectivity index (χ0v) is 14.7. The van der Waals surface area contributed by atoms with Gasteiger partial charge in [-0.3, -0.25) is 0 Å². The van der Waals surface area contributed by atoms with Crippen molar-refractivity contribution in [1.82, 2.24) is 5.32 Å². The summed E-state index contributed by atoms with van der Waals surface area (Å²) < 4.78 is 6.06. The SMILES string of the molecule is CCCNC(COc1cccc(C(C)(C)C)c1)C(C)CC. The maximum atomic E-state index is 6.06. The molecule has 2 nitrogen and oxygen atoms in total. The Morgan fingerprint density at radius 2 is 1.90 bits per heavy atom. The third-order valence-electron chi connectivity index (χ3n) is 4.12. The van der Waals surface area contributed by atoms with Crippen LogP contribution in [0.1, 0.15) is 59.9 Å². The van der Waals surface area contributed by atoms with E-state index < -0.39 is 0 Å². The van der Waals surface area contributed by atoms with Crippen molar-refractivity contribution in [2.24, 2.45) is 5.92 Å². The van der Waals surface area contributed by atoms with Crippen LogP contribution in [0.15, 0.2) is 24.3 Å². The smallest absolute Gasteiger partial charge is 0.119 e. The Hall–Kier alpha value is -1.02. The van der Waals surface area contributed by atoms with Crippen LogP contribution >= 0.6 is 0 Å². The lowest BCUT2D eigenvalue weighted by Gasteiger charge is -2.25. The zero-order valence-electron chi connectivity index (χ0n) is 14.7. The van der Waals surface area contributed by atoms with Crippen LogP contribution in [0.3, 0.4) is 0 Å². The second-order valence-corrected chi connectivity index (χ2v) is 7.03. The second-order valence-electron chi connectivity index (χ2n) is 7.03. The first kappa shape index (κ1) is 18.0. The molecule has 2 atom stereocenters. The van der Waals surface area contributed by atoms with Crippen LogP contribution < -0.4 is 10.1 Å². The fraction of sp³-hybridized carbons (Fsp3) is 0.684.